The molecule has 0 unspecified atom stereocenters. The van der Waals surface area contributed by atoms with Crippen molar-refractivity contribution in [3.05, 3.63) is 59.7 Å². The zero-order valence-electron chi connectivity index (χ0n) is 9.89. The summed E-state index contributed by atoms with van der Waals surface area (Å²) in [7, 11) is 0. The van der Waals surface area contributed by atoms with Crippen molar-refractivity contribution >= 4 is 11.8 Å². The third-order valence-electron chi connectivity index (χ3n) is 2.69. The van der Waals surface area contributed by atoms with Gasteiger partial charge in [-0.3, -0.25) is 0 Å². The number of aryl methyl sites for hydroxylation is 1. The smallest absolute Gasteiger partial charge is 0.0681 e. The molecule has 1 nitrogen and oxygen atoms in total. The van der Waals surface area contributed by atoms with E-state index in [1.807, 2.05) is 12.1 Å². The molecule has 2 heteroatoms. The summed E-state index contributed by atoms with van der Waals surface area (Å²) in [4.78, 5) is 2.52. The van der Waals surface area contributed by atoms with Crippen molar-refractivity contribution in [2.24, 2.45) is 0 Å². The molecule has 88 valence electrons. The average Bonchev–Trinajstić information content (AvgIpc) is 2.40. The van der Waals surface area contributed by atoms with E-state index in [4.69, 9.17) is 5.11 Å². The van der Waals surface area contributed by atoms with Gasteiger partial charge in [-0.1, -0.05) is 49.0 Å². The fraction of sp³-hybridized carbons (Fsp3) is 0.200. The first-order valence-corrected chi connectivity index (χ1v) is 6.60. The summed E-state index contributed by atoms with van der Waals surface area (Å²) in [5.41, 5.74) is 2.34. The molecule has 0 aliphatic rings. The Bertz CT molecular complexity index is 477. The Balaban J connectivity index is 2.19. The topological polar surface area (TPSA) is 20.2 Å². The van der Waals surface area contributed by atoms with Gasteiger partial charge in [-0.15, -0.1) is 0 Å². The standard InChI is InChI=1S/C15H16OS/c1-2-13-5-3-4-6-15(13)17-14-9-7-12(11-16)8-10-14/h3-10,16H,2,11H2,1H3. The van der Waals surface area contributed by atoms with Gasteiger partial charge in [-0.2, -0.15) is 0 Å². The van der Waals surface area contributed by atoms with Crippen LogP contribution in [0.5, 0.6) is 0 Å². The van der Waals surface area contributed by atoms with Crippen LogP contribution in [-0.4, -0.2) is 5.11 Å². The van der Waals surface area contributed by atoms with Gasteiger partial charge in [0.25, 0.3) is 0 Å². The van der Waals surface area contributed by atoms with E-state index in [1.54, 1.807) is 11.8 Å². The minimum absolute atomic E-state index is 0.108. The van der Waals surface area contributed by atoms with Crippen molar-refractivity contribution in [2.75, 3.05) is 0 Å². The molecule has 0 fully saturated rings. The third kappa shape index (κ3) is 3.11. The predicted octanol–water partition coefficient (Wildman–Crippen LogP) is 3.89. The first-order valence-electron chi connectivity index (χ1n) is 5.79. The van der Waals surface area contributed by atoms with E-state index < -0.39 is 0 Å². The molecular formula is C15H16OS. The highest BCUT2D eigenvalue weighted by Crippen LogP contribution is 2.30. The van der Waals surface area contributed by atoms with Gasteiger partial charge < -0.3 is 5.11 Å². The Kier molecular flexibility index (Phi) is 4.24. The zero-order chi connectivity index (χ0) is 12.1. The number of rotatable bonds is 4. The van der Waals surface area contributed by atoms with E-state index in [0.717, 1.165) is 12.0 Å². The van der Waals surface area contributed by atoms with E-state index in [1.165, 1.54) is 15.4 Å². The Morgan fingerprint density at radius 1 is 1.00 bits per heavy atom. The van der Waals surface area contributed by atoms with Gasteiger partial charge in [0.15, 0.2) is 0 Å². The molecule has 0 aliphatic heterocycles. The molecular weight excluding hydrogens is 228 g/mol. The molecule has 0 saturated carbocycles. The quantitative estimate of drug-likeness (QED) is 0.880. The second-order valence-corrected chi connectivity index (χ2v) is 4.98. The highest BCUT2D eigenvalue weighted by molar-refractivity contribution is 7.99. The van der Waals surface area contributed by atoms with Crippen LogP contribution in [0.25, 0.3) is 0 Å². The summed E-state index contributed by atoms with van der Waals surface area (Å²) < 4.78 is 0. The first-order chi connectivity index (χ1) is 8.33. The van der Waals surface area contributed by atoms with Crippen molar-refractivity contribution in [1.82, 2.24) is 0 Å². The summed E-state index contributed by atoms with van der Waals surface area (Å²) in [6.45, 7) is 2.28. The number of aliphatic hydroxyl groups excluding tert-OH is 1. The summed E-state index contributed by atoms with van der Waals surface area (Å²) in [5, 5.41) is 8.99. The lowest BCUT2D eigenvalue weighted by atomic mass is 10.2. The van der Waals surface area contributed by atoms with Crippen LogP contribution in [0.3, 0.4) is 0 Å². The van der Waals surface area contributed by atoms with E-state index in [2.05, 4.69) is 43.3 Å². The molecule has 0 spiro atoms. The van der Waals surface area contributed by atoms with Gasteiger partial charge in [0.2, 0.25) is 0 Å². The molecule has 0 amide bonds. The molecule has 2 aromatic carbocycles. The van der Waals surface area contributed by atoms with Crippen LogP contribution in [-0.2, 0) is 13.0 Å². The monoisotopic (exact) mass is 244 g/mol. The van der Waals surface area contributed by atoms with Crippen LogP contribution in [0.4, 0.5) is 0 Å². The van der Waals surface area contributed by atoms with Crippen LogP contribution in [0.2, 0.25) is 0 Å². The third-order valence-corrected chi connectivity index (χ3v) is 3.81. The summed E-state index contributed by atoms with van der Waals surface area (Å²) >= 11 is 1.78. The van der Waals surface area contributed by atoms with E-state index in [-0.39, 0.29) is 6.61 Å². The minimum atomic E-state index is 0.108. The highest BCUT2D eigenvalue weighted by Gasteiger charge is 2.02. The van der Waals surface area contributed by atoms with Crippen LogP contribution in [0, 0.1) is 0 Å². The fourth-order valence-corrected chi connectivity index (χ4v) is 2.70. The maximum absolute atomic E-state index is 8.99. The molecule has 0 atom stereocenters. The second-order valence-electron chi connectivity index (χ2n) is 3.87. The number of hydrogen-bond donors (Lipinski definition) is 1. The number of hydrogen-bond acceptors (Lipinski definition) is 2. The molecule has 0 aromatic heterocycles. The Morgan fingerprint density at radius 3 is 2.35 bits per heavy atom. The number of aliphatic hydroxyl groups is 1. The highest BCUT2D eigenvalue weighted by atomic mass is 32.2. The SMILES string of the molecule is CCc1ccccc1Sc1ccc(CO)cc1. The lowest BCUT2D eigenvalue weighted by Gasteiger charge is -2.07. The zero-order valence-corrected chi connectivity index (χ0v) is 10.7. The van der Waals surface area contributed by atoms with Crippen molar-refractivity contribution in [1.29, 1.82) is 0 Å². The van der Waals surface area contributed by atoms with Crippen molar-refractivity contribution in [3.63, 3.8) is 0 Å². The fourth-order valence-electron chi connectivity index (χ4n) is 1.69. The average molecular weight is 244 g/mol. The van der Waals surface area contributed by atoms with Gasteiger partial charge in [-0.25, -0.2) is 0 Å². The summed E-state index contributed by atoms with van der Waals surface area (Å²) in [5.74, 6) is 0. The normalized spacial score (nSPS) is 10.5. The molecule has 0 radical (unpaired) electrons. The molecule has 0 bridgehead atoms. The van der Waals surface area contributed by atoms with Crippen molar-refractivity contribution in [2.45, 2.75) is 29.7 Å². The van der Waals surface area contributed by atoms with Gasteiger partial charge in [-0.05, 0) is 35.7 Å². The predicted molar refractivity (Wildman–Crippen MR) is 72.3 cm³/mol. The van der Waals surface area contributed by atoms with Crippen LogP contribution in [0.1, 0.15) is 18.1 Å². The molecule has 0 heterocycles. The van der Waals surface area contributed by atoms with Crippen LogP contribution < -0.4 is 0 Å². The summed E-state index contributed by atoms with van der Waals surface area (Å²) in [6.07, 6.45) is 1.05. The van der Waals surface area contributed by atoms with Crippen LogP contribution in [0.15, 0.2) is 58.3 Å². The van der Waals surface area contributed by atoms with E-state index in [0.29, 0.717) is 0 Å². The Morgan fingerprint density at radius 2 is 1.71 bits per heavy atom. The van der Waals surface area contributed by atoms with Crippen molar-refractivity contribution in [3.8, 4) is 0 Å². The first kappa shape index (κ1) is 12.2. The molecule has 2 aromatic rings. The van der Waals surface area contributed by atoms with E-state index in [9.17, 15) is 0 Å². The van der Waals surface area contributed by atoms with Gasteiger partial charge in [0, 0.05) is 9.79 Å². The van der Waals surface area contributed by atoms with Gasteiger partial charge in [0.05, 0.1) is 6.61 Å². The minimum Gasteiger partial charge on any atom is -0.392 e. The maximum atomic E-state index is 8.99. The van der Waals surface area contributed by atoms with Gasteiger partial charge >= 0.3 is 0 Å². The van der Waals surface area contributed by atoms with Crippen molar-refractivity contribution < 1.29 is 5.11 Å². The summed E-state index contributed by atoms with van der Waals surface area (Å²) in [6, 6.07) is 16.5. The Labute approximate surface area is 107 Å². The maximum Gasteiger partial charge on any atom is 0.0681 e. The molecule has 0 aliphatic carbocycles. The molecule has 0 saturated heterocycles. The van der Waals surface area contributed by atoms with E-state index >= 15 is 0 Å². The number of benzene rings is 2. The van der Waals surface area contributed by atoms with Gasteiger partial charge in [0.1, 0.15) is 0 Å². The molecule has 2 rings (SSSR count). The lowest BCUT2D eigenvalue weighted by molar-refractivity contribution is 0.282. The Hall–Kier alpha value is -1.25. The molecule has 1 N–H and O–H groups in total. The molecule has 17 heavy (non-hydrogen) atoms. The lowest BCUT2D eigenvalue weighted by Crippen LogP contribution is -1.85. The second kappa shape index (κ2) is 5.89. The van der Waals surface area contributed by atoms with Crippen LogP contribution >= 0.6 is 11.8 Å². The largest absolute Gasteiger partial charge is 0.392 e.